The van der Waals surface area contributed by atoms with Gasteiger partial charge in [0.15, 0.2) is 5.65 Å². The van der Waals surface area contributed by atoms with E-state index in [4.69, 9.17) is 4.74 Å². The van der Waals surface area contributed by atoms with Crippen molar-refractivity contribution in [1.29, 1.82) is 0 Å². The molecule has 6 nitrogen and oxygen atoms in total. The zero-order chi connectivity index (χ0) is 27.9. The highest BCUT2D eigenvalue weighted by atomic mass is 19.4. The smallest absolute Gasteiger partial charge is 0.433 e. The van der Waals surface area contributed by atoms with Crippen molar-refractivity contribution in [3.05, 3.63) is 106 Å². The molecular weight excluding hydrogens is 528 g/mol. The zero-order valence-electron chi connectivity index (χ0n) is 19.7. The van der Waals surface area contributed by atoms with Gasteiger partial charge in [-0.2, -0.15) is 26.3 Å². The van der Waals surface area contributed by atoms with Crippen LogP contribution in [0.15, 0.2) is 77.6 Å². The average Bonchev–Trinajstić information content (AvgIpc) is 3.27. The number of nitrogens with zero attached hydrogens (tertiary/aromatic N) is 2. The van der Waals surface area contributed by atoms with Gasteiger partial charge in [-0.1, -0.05) is 54.6 Å². The maximum Gasteiger partial charge on any atom is 0.433 e. The second-order valence-electron chi connectivity index (χ2n) is 8.66. The summed E-state index contributed by atoms with van der Waals surface area (Å²) in [6, 6.07) is 16.5. The van der Waals surface area contributed by atoms with Crippen molar-refractivity contribution in [3.8, 4) is 11.1 Å². The van der Waals surface area contributed by atoms with Gasteiger partial charge in [0, 0.05) is 6.07 Å². The first kappa shape index (κ1) is 26.0. The molecule has 2 heterocycles. The van der Waals surface area contributed by atoms with Crippen LogP contribution in [0.4, 0.5) is 26.3 Å². The largest absolute Gasteiger partial charge is 0.459 e. The van der Waals surface area contributed by atoms with Crippen molar-refractivity contribution in [2.24, 2.45) is 0 Å². The van der Waals surface area contributed by atoms with Crippen molar-refractivity contribution in [1.82, 2.24) is 14.6 Å². The van der Waals surface area contributed by atoms with E-state index in [2.05, 4.69) is 10.1 Å². The summed E-state index contributed by atoms with van der Waals surface area (Å²) in [5.41, 5.74) is -3.18. The van der Waals surface area contributed by atoms with Gasteiger partial charge in [0.05, 0.1) is 23.2 Å². The standard InChI is InChI=1S/C27H17F6N3O3/c28-26(29,30)17-10-8-15(9-11-17)12-22(38)39-14-18-13-21(37)36-25(34-18)23(24(35-36)27(31,32)33)20-7-3-5-16-4-1-2-6-19(16)20/h1-11,13,35H,12,14H2. The Bertz CT molecular complexity index is 1750. The molecule has 0 bridgehead atoms. The normalized spacial score (nSPS) is 12.3. The zero-order valence-corrected chi connectivity index (χ0v) is 19.7. The van der Waals surface area contributed by atoms with Crippen LogP contribution in [-0.4, -0.2) is 20.6 Å². The minimum absolute atomic E-state index is 0.102. The van der Waals surface area contributed by atoms with Crippen LogP contribution in [0.2, 0.25) is 0 Å². The molecule has 0 aliphatic heterocycles. The number of rotatable bonds is 5. The highest BCUT2D eigenvalue weighted by Gasteiger charge is 2.38. The molecule has 12 heteroatoms. The average molecular weight is 545 g/mol. The van der Waals surface area contributed by atoms with Crippen LogP contribution in [0.5, 0.6) is 0 Å². The molecule has 0 aliphatic rings. The molecule has 200 valence electrons. The van der Waals surface area contributed by atoms with Crippen LogP contribution in [0.3, 0.4) is 0 Å². The molecule has 0 amide bonds. The van der Waals surface area contributed by atoms with E-state index in [0.29, 0.717) is 15.3 Å². The number of H-pyrrole nitrogens is 1. The van der Waals surface area contributed by atoms with E-state index in [-0.39, 0.29) is 34.5 Å². The SMILES string of the molecule is O=C(Cc1ccc(C(F)(F)F)cc1)OCc1cc(=O)n2[nH]c(C(F)(F)F)c(-c3cccc4ccccc34)c2n1. The molecule has 0 fully saturated rings. The summed E-state index contributed by atoms with van der Waals surface area (Å²) in [5.74, 6) is -0.823. The van der Waals surface area contributed by atoms with Crippen molar-refractivity contribution < 1.29 is 35.9 Å². The number of ether oxygens (including phenoxy) is 1. The minimum Gasteiger partial charge on any atom is -0.459 e. The predicted molar refractivity (Wildman–Crippen MR) is 129 cm³/mol. The molecule has 2 aromatic heterocycles. The number of aromatic nitrogens is 3. The lowest BCUT2D eigenvalue weighted by Crippen LogP contribution is -2.18. The van der Waals surface area contributed by atoms with Crippen molar-refractivity contribution in [2.75, 3.05) is 0 Å². The Labute approximate surface area is 215 Å². The second kappa shape index (κ2) is 9.61. The molecule has 0 atom stereocenters. The number of fused-ring (bicyclic) bond motifs is 2. The molecule has 0 spiro atoms. The first-order chi connectivity index (χ1) is 18.4. The van der Waals surface area contributed by atoms with Gasteiger partial charge < -0.3 is 4.74 Å². The fourth-order valence-electron chi connectivity index (χ4n) is 4.25. The van der Waals surface area contributed by atoms with E-state index < -0.39 is 41.7 Å². The molecule has 3 aromatic carbocycles. The summed E-state index contributed by atoms with van der Waals surface area (Å²) in [4.78, 5) is 29.2. The quantitative estimate of drug-likeness (QED) is 0.212. The number of nitrogens with one attached hydrogen (secondary N) is 1. The number of aromatic amines is 1. The van der Waals surface area contributed by atoms with Gasteiger partial charge in [-0.15, -0.1) is 0 Å². The van der Waals surface area contributed by atoms with Crippen molar-refractivity contribution in [2.45, 2.75) is 25.4 Å². The molecule has 1 N–H and O–H groups in total. The van der Waals surface area contributed by atoms with Crippen LogP contribution in [0.25, 0.3) is 27.5 Å². The lowest BCUT2D eigenvalue weighted by Gasteiger charge is -2.10. The lowest BCUT2D eigenvalue weighted by atomic mass is 9.98. The third kappa shape index (κ3) is 5.22. The Hall–Kier alpha value is -4.61. The van der Waals surface area contributed by atoms with Crippen molar-refractivity contribution in [3.63, 3.8) is 0 Å². The predicted octanol–water partition coefficient (Wildman–Crippen LogP) is 6.17. The van der Waals surface area contributed by atoms with Crippen LogP contribution < -0.4 is 5.56 Å². The Morgan fingerprint density at radius 1 is 0.897 bits per heavy atom. The Kier molecular flexibility index (Phi) is 6.41. The van der Waals surface area contributed by atoms with Crippen LogP contribution in [-0.2, 0) is 34.9 Å². The summed E-state index contributed by atoms with van der Waals surface area (Å²) in [7, 11) is 0. The summed E-state index contributed by atoms with van der Waals surface area (Å²) < 4.78 is 86.1. The molecule has 0 aliphatic carbocycles. The van der Waals surface area contributed by atoms with E-state index in [9.17, 15) is 35.9 Å². The lowest BCUT2D eigenvalue weighted by molar-refractivity contribution is -0.144. The Balaban J connectivity index is 1.48. The van der Waals surface area contributed by atoms with Gasteiger partial charge in [-0.25, -0.2) is 9.50 Å². The molecule has 0 radical (unpaired) electrons. The minimum atomic E-state index is -4.85. The fourth-order valence-corrected chi connectivity index (χ4v) is 4.25. The summed E-state index contributed by atoms with van der Waals surface area (Å²) in [5, 5.41) is 3.29. The number of carbonyl (C=O) groups is 1. The summed E-state index contributed by atoms with van der Waals surface area (Å²) in [6.45, 7) is -0.535. The second-order valence-corrected chi connectivity index (χ2v) is 8.66. The van der Waals surface area contributed by atoms with Gasteiger partial charge in [-0.3, -0.25) is 14.7 Å². The molecule has 5 aromatic rings. The first-order valence-corrected chi connectivity index (χ1v) is 11.4. The highest BCUT2D eigenvalue weighted by molar-refractivity contribution is 6.00. The van der Waals surface area contributed by atoms with Gasteiger partial charge in [-0.05, 0) is 34.0 Å². The molecule has 0 saturated carbocycles. The fraction of sp³-hybridized carbons (Fsp3) is 0.148. The van der Waals surface area contributed by atoms with Crippen molar-refractivity contribution >= 4 is 22.4 Å². The third-order valence-corrected chi connectivity index (χ3v) is 6.02. The van der Waals surface area contributed by atoms with E-state index in [1.54, 1.807) is 36.4 Å². The molecule has 39 heavy (non-hydrogen) atoms. The summed E-state index contributed by atoms with van der Waals surface area (Å²) in [6.07, 6.45) is -9.73. The highest BCUT2D eigenvalue weighted by Crippen LogP contribution is 2.40. The monoisotopic (exact) mass is 545 g/mol. The molecular formula is C27H17F6N3O3. The maximum absolute atomic E-state index is 14.0. The van der Waals surface area contributed by atoms with Crippen LogP contribution >= 0.6 is 0 Å². The first-order valence-electron chi connectivity index (χ1n) is 11.4. The number of esters is 1. The van der Waals surface area contributed by atoms with Gasteiger partial charge in [0.2, 0.25) is 0 Å². The third-order valence-electron chi connectivity index (χ3n) is 6.02. The van der Waals surface area contributed by atoms with E-state index >= 15 is 0 Å². The van der Waals surface area contributed by atoms with Gasteiger partial charge in [0.1, 0.15) is 12.3 Å². The van der Waals surface area contributed by atoms with Gasteiger partial charge in [0.25, 0.3) is 5.56 Å². The number of benzene rings is 3. The number of carbonyl (C=O) groups excluding carboxylic acids is 1. The van der Waals surface area contributed by atoms with E-state index in [1.165, 1.54) is 6.07 Å². The number of halogens is 6. The Morgan fingerprint density at radius 2 is 1.59 bits per heavy atom. The molecule has 5 rings (SSSR count). The maximum atomic E-state index is 14.0. The number of hydrogen-bond donors (Lipinski definition) is 1. The van der Waals surface area contributed by atoms with E-state index in [0.717, 1.165) is 30.3 Å². The number of hydrogen-bond acceptors (Lipinski definition) is 4. The van der Waals surface area contributed by atoms with Crippen LogP contribution in [0, 0.1) is 0 Å². The summed E-state index contributed by atoms with van der Waals surface area (Å²) >= 11 is 0. The molecule has 0 saturated heterocycles. The van der Waals surface area contributed by atoms with E-state index in [1.807, 2.05) is 0 Å². The Morgan fingerprint density at radius 3 is 2.28 bits per heavy atom. The number of alkyl halides is 6. The molecule has 0 unspecified atom stereocenters. The van der Waals surface area contributed by atoms with Gasteiger partial charge >= 0.3 is 18.3 Å². The van der Waals surface area contributed by atoms with Crippen LogP contribution in [0.1, 0.15) is 22.5 Å². The topological polar surface area (TPSA) is 76.5 Å².